The molecular formula is C17H19BrClNO. The van der Waals surface area contributed by atoms with E-state index in [0.29, 0.717) is 6.61 Å². The number of ether oxygens (including phenoxy) is 1. The highest BCUT2D eigenvalue weighted by Crippen LogP contribution is 2.29. The van der Waals surface area contributed by atoms with Crippen LogP contribution in [0.2, 0.25) is 5.02 Å². The Balaban J connectivity index is 2.16. The van der Waals surface area contributed by atoms with Crippen molar-refractivity contribution in [3.8, 4) is 5.75 Å². The van der Waals surface area contributed by atoms with Gasteiger partial charge < -0.3 is 10.1 Å². The van der Waals surface area contributed by atoms with Crippen LogP contribution in [0.15, 0.2) is 46.9 Å². The van der Waals surface area contributed by atoms with Crippen LogP contribution in [0.25, 0.3) is 0 Å². The lowest BCUT2D eigenvalue weighted by atomic mass is 10.1. The van der Waals surface area contributed by atoms with E-state index in [4.69, 9.17) is 16.3 Å². The van der Waals surface area contributed by atoms with Gasteiger partial charge in [0.2, 0.25) is 0 Å². The van der Waals surface area contributed by atoms with E-state index in [0.717, 1.165) is 32.9 Å². The molecule has 0 heterocycles. The van der Waals surface area contributed by atoms with Gasteiger partial charge in [0.25, 0.3) is 0 Å². The van der Waals surface area contributed by atoms with Crippen LogP contribution in [0.4, 0.5) is 0 Å². The quantitative estimate of drug-likeness (QED) is 0.742. The second kappa shape index (κ2) is 7.83. The van der Waals surface area contributed by atoms with Crippen molar-refractivity contribution in [1.29, 1.82) is 0 Å². The molecule has 0 aliphatic heterocycles. The van der Waals surface area contributed by atoms with E-state index in [9.17, 15) is 0 Å². The minimum absolute atomic E-state index is 0.248. The van der Waals surface area contributed by atoms with Crippen molar-refractivity contribution in [2.45, 2.75) is 26.5 Å². The maximum absolute atomic E-state index is 6.00. The lowest BCUT2D eigenvalue weighted by Gasteiger charge is -2.18. The molecule has 2 nitrogen and oxygen atoms in total. The number of benzene rings is 2. The summed E-state index contributed by atoms with van der Waals surface area (Å²) in [6.45, 7) is 5.66. The fraction of sp³-hybridized carbons (Fsp3) is 0.294. The van der Waals surface area contributed by atoms with Gasteiger partial charge in [-0.1, -0.05) is 52.7 Å². The zero-order valence-corrected chi connectivity index (χ0v) is 14.5. The molecule has 0 aliphatic rings. The minimum atomic E-state index is 0.248. The first-order valence-corrected chi connectivity index (χ1v) is 8.17. The summed E-state index contributed by atoms with van der Waals surface area (Å²) < 4.78 is 7.01. The van der Waals surface area contributed by atoms with Crippen molar-refractivity contribution in [3.63, 3.8) is 0 Å². The third-order valence-corrected chi connectivity index (χ3v) is 3.96. The van der Waals surface area contributed by atoms with Crippen LogP contribution >= 0.6 is 27.5 Å². The molecule has 0 saturated heterocycles. The highest BCUT2D eigenvalue weighted by Gasteiger charge is 2.11. The normalized spacial score (nSPS) is 12.2. The molecule has 0 saturated carbocycles. The number of rotatable bonds is 6. The topological polar surface area (TPSA) is 21.3 Å². The average molecular weight is 369 g/mol. The molecule has 2 aromatic carbocycles. The molecule has 1 unspecified atom stereocenters. The molecule has 0 aliphatic carbocycles. The molecule has 2 aromatic rings. The smallest absolute Gasteiger partial charge is 0.125 e. The van der Waals surface area contributed by atoms with E-state index in [1.807, 2.05) is 36.4 Å². The lowest BCUT2D eigenvalue weighted by Crippen LogP contribution is -2.18. The summed E-state index contributed by atoms with van der Waals surface area (Å²) >= 11 is 9.50. The third-order valence-electron chi connectivity index (χ3n) is 3.24. The van der Waals surface area contributed by atoms with E-state index >= 15 is 0 Å². The van der Waals surface area contributed by atoms with Crippen molar-refractivity contribution in [3.05, 3.63) is 63.1 Å². The average Bonchev–Trinajstić information content (AvgIpc) is 2.45. The van der Waals surface area contributed by atoms with Gasteiger partial charge in [-0.15, -0.1) is 0 Å². The molecule has 21 heavy (non-hydrogen) atoms. The van der Waals surface area contributed by atoms with Gasteiger partial charge in [-0.25, -0.2) is 0 Å². The first-order chi connectivity index (χ1) is 10.1. The summed E-state index contributed by atoms with van der Waals surface area (Å²) in [6.07, 6.45) is 0. The standard InChI is InChI=1S/C17H19BrClNO/c1-3-20-12(2)16-8-7-14(18)10-17(16)21-11-13-5-4-6-15(19)9-13/h4-10,12,20H,3,11H2,1-2H3. The summed E-state index contributed by atoms with van der Waals surface area (Å²) in [4.78, 5) is 0. The molecule has 0 spiro atoms. The number of hydrogen-bond donors (Lipinski definition) is 1. The van der Waals surface area contributed by atoms with Gasteiger partial charge in [0.1, 0.15) is 12.4 Å². The molecule has 4 heteroatoms. The number of halogens is 2. The molecular weight excluding hydrogens is 350 g/mol. The van der Waals surface area contributed by atoms with Crippen molar-refractivity contribution < 1.29 is 4.74 Å². The Bertz CT molecular complexity index is 603. The first kappa shape index (κ1) is 16.3. The van der Waals surface area contributed by atoms with E-state index in [1.54, 1.807) is 0 Å². The summed E-state index contributed by atoms with van der Waals surface area (Å²) in [5, 5.41) is 4.14. The summed E-state index contributed by atoms with van der Waals surface area (Å²) in [5.41, 5.74) is 2.21. The monoisotopic (exact) mass is 367 g/mol. The molecule has 0 radical (unpaired) electrons. The Morgan fingerprint density at radius 2 is 2.05 bits per heavy atom. The fourth-order valence-electron chi connectivity index (χ4n) is 2.19. The zero-order valence-electron chi connectivity index (χ0n) is 12.2. The SMILES string of the molecule is CCNC(C)c1ccc(Br)cc1OCc1cccc(Cl)c1. The molecule has 0 fully saturated rings. The maximum atomic E-state index is 6.00. The van der Waals surface area contributed by atoms with Gasteiger partial charge >= 0.3 is 0 Å². The van der Waals surface area contributed by atoms with Crippen LogP contribution in [0, 0.1) is 0 Å². The first-order valence-electron chi connectivity index (χ1n) is 7.00. The second-order valence-electron chi connectivity index (χ2n) is 4.88. The van der Waals surface area contributed by atoms with E-state index in [1.165, 1.54) is 0 Å². The molecule has 1 N–H and O–H groups in total. The minimum Gasteiger partial charge on any atom is -0.489 e. The van der Waals surface area contributed by atoms with Gasteiger partial charge in [-0.2, -0.15) is 0 Å². The largest absolute Gasteiger partial charge is 0.489 e. The predicted molar refractivity (Wildman–Crippen MR) is 92.0 cm³/mol. The van der Waals surface area contributed by atoms with Gasteiger partial charge in [-0.3, -0.25) is 0 Å². The molecule has 0 bridgehead atoms. The van der Waals surface area contributed by atoms with Crippen LogP contribution < -0.4 is 10.1 Å². The Morgan fingerprint density at radius 3 is 2.76 bits per heavy atom. The third kappa shape index (κ3) is 4.73. The number of nitrogens with one attached hydrogen (secondary N) is 1. The van der Waals surface area contributed by atoms with E-state index in [-0.39, 0.29) is 6.04 Å². The van der Waals surface area contributed by atoms with Crippen LogP contribution in [0.5, 0.6) is 5.75 Å². The van der Waals surface area contributed by atoms with Crippen LogP contribution in [0.3, 0.4) is 0 Å². The van der Waals surface area contributed by atoms with Gasteiger partial charge in [0, 0.05) is 21.1 Å². The molecule has 0 aromatic heterocycles. The number of hydrogen-bond acceptors (Lipinski definition) is 2. The zero-order chi connectivity index (χ0) is 15.2. The van der Waals surface area contributed by atoms with Crippen molar-refractivity contribution in [2.24, 2.45) is 0 Å². The highest BCUT2D eigenvalue weighted by molar-refractivity contribution is 9.10. The van der Waals surface area contributed by atoms with Crippen LogP contribution in [-0.4, -0.2) is 6.54 Å². The van der Waals surface area contributed by atoms with Gasteiger partial charge in [0.15, 0.2) is 0 Å². The van der Waals surface area contributed by atoms with Crippen molar-refractivity contribution in [2.75, 3.05) is 6.54 Å². The second-order valence-corrected chi connectivity index (χ2v) is 6.23. The Hall–Kier alpha value is -1.03. The van der Waals surface area contributed by atoms with E-state index in [2.05, 4.69) is 41.2 Å². The fourth-order valence-corrected chi connectivity index (χ4v) is 2.75. The van der Waals surface area contributed by atoms with Crippen molar-refractivity contribution in [1.82, 2.24) is 5.32 Å². The van der Waals surface area contributed by atoms with E-state index < -0.39 is 0 Å². The van der Waals surface area contributed by atoms with Gasteiger partial charge in [-0.05, 0) is 43.3 Å². The van der Waals surface area contributed by atoms with Crippen LogP contribution in [0.1, 0.15) is 31.0 Å². The Labute approximate surface area is 139 Å². The summed E-state index contributed by atoms with van der Waals surface area (Å²) in [6, 6.07) is 14.1. The molecule has 1 atom stereocenters. The van der Waals surface area contributed by atoms with Crippen LogP contribution in [-0.2, 0) is 6.61 Å². The Morgan fingerprint density at radius 1 is 1.24 bits per heavy atom. The molecule has 2 rings (SSSR count). The van der Waals surface area contributed by atoms with Gasteiger partial charge in [0.05, 0.1) is 0 Å². The molecule has 0 amide bonds. The predicted octanol–water partition coefficient (Wildman–Crippen LogP) is 5.35. The Kier molecular flexibility index (Phi) is 6.09. The highest BCUT2D eigenvalue weighted by atomic mass is 79.9. The van der Waals surface area contributed by atoms with Crippen molar-refractivity contribution >= 4 is 27.5 Å². The lowest BCUT2D eigenvalue weighted by molar-refractivity contribution is 0.299. The maximum Gasteiger partial charge on any atom is 0.125 e. The molecule has 112 valence electrons. The summed E-state index contributed by atoms with van der Waals surface area (Å²) in [7, 11) is 0. The summed E-state index contributed by atoms with van der Waals surface area (Å²) in [5.74, 6) is 0.887.